The third-order valence-electron chi connectivity index (χ3n) is 3.63. The van der Waals surface area contributed by atoms with Crippen molar-refractivity contribution in [3.63, 3.8) is 0 Å². The zero-order valence-corrected chi connectivity index (χ0v) is 14.7. The predicted octanol–water partition coefficient (Wildman–Crippen LogP) is 2.24. The topological polar surface area (TPSA) is 92.3 Å². The summed E-state index contributed by atoms with van der Waals surface area (Å²) in [6.07, 6.45) is 1.66. The fourth-order valence-corrected chi connectivity index (χ4v) is 4.55. The fraction of sp³-hybridized carbons (Fsp3) is 0.250. The standard InChI is InChI=1S/C16H18N2O4S2/c1-12-5-9-15(10-6-12)23(19,20)18-14-3-2-4-16(11-14)24(21,22)17-13-7-8-13/h2-6,9-11,13,17-18H,7-8H2,1H3. The number of hydrogen-bond acceptors (Lipinski definition) is 4. The number of anilines is 1. The molecular formula is C16H18N2O4S2. The fourth-order valence-electron chi connectivity index (χ4n) is 2.15. The highest BCUT2D eigenvalue weighted by Gasteiger charge is 2.28. The van der Waals surface area contributed by atoms with E-state index in [0.717, 1.165) is 18.4 Å². The van der Waals surface area contributed by atoms with E-state index in [9.17, 15) is 16.8 Å². The molecule has 0 heterocycles. The predicted molar refractivity (Wildman–Crippen MR) is 91.8 cm³/mol. The summed E-state index contributed by atoms with van der Waals surface area (Å²) < 4.78 is 54.2. The summed E-state index contributed by atoms with van der Waals surface area (Å²) in [7, 11) is -7.40. The zero-order chi connectivity index (χ0) is 17.4. The van der Waals surface area contributed by atoms with E-state index in [1.807, 2.05) is 6.92 Å². The van der Waals surface area contributed by atoms with Gasteiger partial charge >= 0.3 is 0 Å². The van der Waals surface area contributed by atoms with Gasteiger partial charge in [-0.05, 0) is 50.1 Å². The first-order valence-electron chi connectivity index (χ1n) is 7.48. The van der Waals surface area contributed by atoms with Crippen LogP contribution in [0.1, 0.15) is 18.4 Å². The van der Waals surface area contributed by atoms with Gasteiger partial charge in [0, 0.05) is 6.04 Å². The lowest BCUT2D eigenvalue weighted by atomic mass is 10.2. The van der Waals surface area contributed by atoms with Crippen LogP contribution in [-0.4, -0.2) is 22.9 Å². The monoisotopic (exact) mass is 366 g/mol. The Hall–Kier alpha value is -1.90. The highest BCUT2D eigenvalue weighted by molar-refractivity contribution is 7.92. The number of hydrogen-bond donors (Lipinski definition) is 2. The third kappa shape index (κ3) is 3.95. The number of sulfonamides is 2. The van der Waals surface area contributed by atoms with Gasteiger partial charge in [0.2, 0.25) is 10.0 Å². The van der Waals surface area contributed by atoms with E-state index < -0.39 is 20.0 Å². The maximum Gasteiger partial charge on any atom is 0.261 e. The lowest BCUT2D eigenvalue weighted by Crippen LogP contribution is -2.25. The molecule has 0 bridgehead atoms. The molecule has 0 aromatic heterocycles. The molecule has 24 heavy (non-hydrogen) atoms. The van der Waals surface area contributed by atoms with Crippen molar-refractivity contribution in [3.8, 4) is 0 Å². The second kappa shape index (κ2) is 6.19. The van der Waals surface area contributed by atoms with Crippen molar-refractivity contribution >= 4 is 25.7 Å². The van der Waals surface area contributed by atoms with E-state index in [2.05, 4.69) is 9.44 Å². The molecule has 0 spiro atoms. The maximum atomic E-state index is 12.4. The second-order valence-corrected chi connectivity index (χ2v) is 9.24. The molecule has 2 aromatic carbocycles. The Bertz CT molecular complexity index is 948. The van der Waals surface area contributed by atoms with Gasteiger partial charge in [-0.2, -0.15) is 0 Å². The Labute approximate surface area is 142 Å². The number of benzene rings is 2. The normalized spacial score (nSPS) is 15.2. The van der Waals surface area contributed by atoms with Crippen molar-refractivity contribution in [1.82, 2.24) is 4.72 Å². The molecule has 1 fully saturated rings. The quantitative estimate of drug-likeness (QED) is 0.820. The van der Waals surface area contributed by atoms with E-state index in [1.54, 1.807) is 12.1 Å². The van der Waals surface area contributed by atoms with Crippen molar-refractivity contribution in [2.24, 2.45) is 0 Å². The molecule has 1 aliphatic carbocycles. The van der Waals surface area contributed by atoms with Crippen LogP contribution < -0.4 is 9.44 Å². The molecule has 0 saturated heterocycles. The first kappa shape index (κ1) is 16.9. The molecule has 2 aromatic rings. The number of aryl methyl sites for hydroxylation is 1. The van der Waals surface area contributed by atoms with Crippen LogP contribution >= 0.6 is 0 Å². The van der Waals surface area contributed by atoms with Gasteiger partial charge in [0.25, 0.3) is 10.0 Å². The first-order valence-corrected chi connectivity index (χ1v) is 10.4. The van der Waals surface area contributed by atoms with E-state index in [-0.39, 0.29) is 21.5 Å². The molecule has 0 aliphatic heterocycles. The van der Waals surface area contributed by atoms with E-state index >= 15 is 0 Å². The highest BCUT2D eigenvalue weighted by atomic mass is 32.2. The van der Waals surface area contributed by atoms with Gasteiger partial charge in [0.05, 0.1) is 15.5 Å². The largest absolute Gasteiger partial charge is 0.280 e. The minimum Gasteiger partial charge on any atom is -0.280 e. The molecule has 1 saturated carbocycles. The Morgan fingerprint density at radius 2 is 1.54 bits per heavy atom. The van der Waals surface area contributed by atoms with E-state index in [4.69, 9.17) is 0 Å². The van der Waals surface area contributed by atoms with Crippen LogP contribution in [0.3, 0.4) is 0 Å². The summed E-state index contributed by atoms with van der Waals surface area (Å²) in [4.78, 5) is 0.163. The molecule has 3 rings (SSSR count). The molecule has 1 aliphatic rings. The highest BCUT2D eigenvalue weighted by Crippen LogP contribution is 2.24. The summed E-state index contributed by atoms with van der Waals surface area (Å²) in [5.41, 5.74) is 1.16. The van der Waals surface area contributed by atoms with Gasteiger partial charge in [-0.25, -0.2) is 21.6 Å². The molecule has 0 atom stereocenters. The Balaban J connectivity index is 1.85. The van der Waals surface area contributed by atoms with Crippen LogP contribution in [0, 0.1) is 6.92 Å². The number of rotatable bonds is 6. The molecule has 0 unspecified atom stereocenters. The van der Waals surface area contributed by atoms with Crippen molar-refractivity contribution in [1.29, 1.82) is 0 Å². The van der Waals surface area contributed by atoms with Gasteiger partial charge in [-0.3, -0.25) is 4.72 Å². The minimum atomic E-state index is -3.77. The van der Waals surface area contributed by atoms with Gasteiger partial charge in [0.1, 0.15) is 0 Å². The van der Waals surface area contributed by atoms with Crippen molar-refractivity contribution < 1.29 is 16.8 Å². The third-order valence-corrected chi connectivity index (χ3v) is 6.54. The summed E-state index contributed by atoms with van der Waals surface area (Å²) in [5.74, 6) is 0. The summed E-state index contributed by atoms with van der Waals surface area (Å²) in [6, 6.07) is 12.2. The van der Waals surface area contributed by atoms with E-state index in [1.165, 1.54) is 36.4 Å². The molecule has 0 radical (unpaired) electrons. The maximum absolute atomic E-state index is 12.4. The van der Waals surface area contributed by atoms with Crippen molar-refractivity contribution in [2.75, 3.05) is 4.72 Å². The lowest BCUT2D eigenvalue weighted by Gasteiger charge is -2.10. The SMILES string of the molecule is Cc1ccc(S(=O)(=O)Nc2cccc(S(=O)(=O)NC3CC3)c2)cc1. The Kier molecular flexibility index (Phi) is 4.37. The Morgan fingerprint density at radius 3 is 2.17 bits per heavy atom. The molecule has 0 amide bonds. The lowest BCUT2D eigenvalue weighted by molar-refractivity contribution is 0.581. The summed E-state index contributed by atoms with van der Waals surface area (Å²) >= 11 is 0. The van der Waals surface area contributed by atoms with Gasteiger partial charge < -0.3 is 0 Å². The van der Waals surface area contributed by atoms with Crippen LogP contribution in [0.2, 0.25) is 0 Å². The smallest absolute Gasteiger partial charge is 0.261 e. The molecule has 6 nitrogen and oxygen atoms in total. The van der Waals surface area contributed by atoms with Crippen LogP contribution in [0.5, 0.6) is 0 Å². The van der Waals surface area contributed by atoms with Crippen molar-refractivity contribution in [3.05, 3.63) is 54.1 Å². The summed E-state index contributed by atoms with van der Waals surface area (Å²) in [6.45, 7) is 1.87. The summed E-state index contributed by atoms with van der Waals surface area (Å²) in [5, 5.41) is 0. The molecule has 8 heteroatoms. The molecule has 2 N–H and O–H groups in total. The second-order valence-electron chi connectivity index (χ2n) is 5.84. The zero-order valence-electron chi connectivity index (χ0n) is 13.1. The number of nitrogens with one attached hydrogen (secondary N) is 2. The molecular weight excluding hydrogens is 348 g/mol. The average molecular weight is 366 g/mol. The first-order chi connectivity index (χ1) is 11.3. The van der Waals surface area contributed by atoms with Crippen LogP contribution in [0.15, 0.2) is 58.3 Å². The minimum absolute atomic E-state index is 0.0112. The molecule has 128 valence electrons. The van der Waals surface area contributed by atoms with Gasteiger partial charge in [0.15, 0.2) is 0 Å². The average Bonchev–Trinajstić information content (AvgIpc) is 3.31. The van der Waals surface area contributed by atoms with E-state index in [0.29, 0.717) is 0 Å². The van der Waals surface area contributed by atoms with Crippen LogP contribution in [-0.2, 0) is 20.0 Å². The van der Waals surface area contributed by atoms with Crippen molar-refractivity contribution in [2.45, 2.75) is 35.6 Å². The van der Waals surface area contributed by atoms with Gasteiger partial charge in [-0.1, -0.05) is 23.8 Å². The van der Waals surface area contributed by atoms with Crippen LogP contribution in [0.4, 0.5) is 5.69 Å². The van der Waals surface area contributed by atoms with Gasteiger partial charge in [-0.15, -0.1) is 0 Å². The van der Waals surface area contributed by atoms with Crippen LogP contribution in [0.25, 0.3) is 0 Å². The Morgan fingerprint density at radius 1 is 0.875 bits per heavy atom.